The van der Waals surface area contributed by atoms with Crippen LogP contribution < -0.4 is 0 Å². The standard InChI is InChI=1S/C26H47N/c1-6-8-10-11-12-13-14-15-16-17-18-19-21-26(5)22-20-24-27(25(3)4)23-9-7-2/h7,9,23H,2-3,5-6,8,10-22,24H2,1,4H3/b23-9-. The molecule has 0 aliphatic carbocycles. The highest BCUT2D eigenvalue weighted by molar-refractivity contribution is 5.04. The Morgan fingerprint density at radius 1 is 0.741 bits per heavy atom. The summed E-state index contributed by atoms with van der Waals surface area (Å²) in [6.45, 7) is 17.4. The second-order valence-corrected chi connectivity index (χ2v) is 8.00. The van der Waals surface area contributed by atoms with Gasteiger partial charge in [0.25, 0.3) is 0 Å². The third kappa shape index (κ3) is 17.9. The topological polar surface area (TPSA) is 3.24 Å². The Morgan fingerprint density at radius 3 is 1.70 bits per heavy atom. The lowest BCUT2D eigenvalue weighted by Gasteiger charge is -2.20. The first-order valence-corrected chi connectivity index (χ1v) is 11.5. The normalized spacial score (nSPS) is 11.0. The summed E-state index contributed by atoms with van der Waals surface area (Å²) in [6.07, 6.45) is 26.3. The minimum absolute atomic E-state index is 1.01. The van der Waals surface area contributed by atoms with Crippen LogP contribution in [0.2, 0.25) is 0 Å². The predicted octanol–water partition coefficient (Wildman–Crippen LogP) is 8.95. The third-order valence-corrected chi connectivity index (χ3v) is 5.21. The van der Waals surface area contributed by atoms with Gasteiger partial charge in [-0.15, -0.1) is 0 Å². The maximum Gasteiger partial charge on any atom is 0.0224 e. The second kappa shape index (κ2) is 19.5. The van der Waals surface area contributed by atoms with Crippen LogP contribution in [0.4, 0.5) is 0 Å². The van der Waals surface area contributed by atoms with Gasteiger partial charge in [-0.1, -0.05) is 109 Å². The van der Waals surface area contributed by atoms with E-state index >= 15 is 0 Å². The zero-order valence-electron chi connectivity index (χ0n) is 18.6. The Kier molecular flexibility index (Phi) is 18.6. The molecule has 0 aromatic rings. The molecule has 0 aromatic heterocycles. The molecule has 0 saturated heterocycles. The highest BCUT2D eigenvalue weighted by Gasteiger charge is 2.01. The molecular formula is C26H47N. The van der Waals surface area contributed by atoms with Gasteiger partial charge in [-0.05, 0) is 38.7 Å². The molecule has 0 saturated carbocycles. The summed E-state index contributed by atoms with van der Waals surface area (Å²) in [4.78, 5) is 2.19. The molecule has 0 unspecified atom stereocenters. The van der Waals surface area contributed by atoms with Crippen LogP contribution >= 0.6 is 0 Å². The fourth-order valence-corrected chi connectivity index (χ4v) is 3.40. The monoisotopic (exact) mass is 373 g/mol. The van der Waals surface area contributed by atoms with E-state index in [0.29, 0.717) is 0 Å². The molecule has 0 amide bonds. The molecule has 1 heteroatoms. The fraction of sp³-hybridized carbons (Fsp3) is 0.692. The smallest absolute Gasteiger partial charge is 0.0224 e. The molecule has 0 aliphatic heterocycles. The molecule has 0 radical (unpaired) electrons. The number of hydrogen-bond donors (Lipinski definition) is 0. The minimum atomic E-state index is 1.01. The third-order valence-electron chi connectivity index (χ3n) is 5.21. The van der Waals surface area contributed by atoms with Crippen LogP contribution in [0.3, 0.4) is 0 Å². The molecule has 0 spiro atoms. The van der Waals surface area contributed by atoms with Crippen LogP contribution in [0.15, 0.2) is 49.4 Å². The van der Waals surface area contributed by atoms with Gasteiger partial charge < -0.3 is 4.90 Å². The zero-order chi connectivity index (χ0) is 20.2. The average Bonchev–Trinajstić information content (AvgIpc) is 2.65. The number of unbranched alkanes of at least 4 members (excludes halogenated alkanes) is 11. The number of nitrogens with zero attached hydrogens (tertiary/aromatic N) is 1. The summed E-state index contributed by atoms with van der Waals surface area (Å²) in [7, 11) is 0. The van der Waals surface area contributed by atoms with Crippen molar-refractivity contribution in [2.75, 3.05) is 6.54 Å². The van der Waals surface area contributed by atoms with E-state index in [9.17, 15) is 0 Å². The van der Waals surface area contributed by atoms with Gasteiger partial charge in [0, 0.05) is 18.4 Å². The summed E-state index contributed by atoms with van der Waals surface area (Å²) in [5.41, 5.74) is 2.50. The zero-order valence-corrected chi connectivity index (χ0v) is 18.6. The Labute approximate surface area is 171 Å². The SMILES string of the molecule is C=C/C=C\N(CCCC(=C)CCCCCCCCCCCCCC)C(=C)C. The number of rotatable bonds is 20. The van der Waals surface area contributed by atoms with Gasteiger partial charge in [0.2, 0.25) is 0 Å². The lowest BCUT2D eigenvalue weighted by Crippen LogP contribution is -2.15. The van der Waals surface area contributed by atoms with Gasteiger partial charge >= 0.3 is 0 Å². The highest BCUT2D eigenvalue weighted by Crippen LogP contribution is 2.16. The van der Waals surface area contributed by atoms with Crippen LogP contribution in [0.25, 0.3) is 0 Å². The molecule has 0 atom stereocenters. The molecular weight excluding hydrogens is 326 g/mol. The predicted molar refractivity (Wildman–Crippen MR) is 125 cm³/mol. The van der Waals surface area contributed by atoms with Crippen LogP contribution in [-0.4, -0.2) is 11.4 Å². The molecule has 1 nitrogen and oxygen atoms in total. The van der Waals surface area contributed by atoms with Gasteiger partial charge in [-0.3, -0.25) is 0 Å². The molecule has 0 N–H and O–H groups in total. The van der Waals surface area contributed by atoms with Crippen molar-refractivity contribution in [1.82, 2.24) is 4.90 Å². The van der Waals surface area contributed by atoms with Crippen molar-refractivity contribution in [2.24, 2.45) is 0 Å². The van der Waals surface area contributed by atoms with Gasteiger partial charge in [0.05, 0.1) is 0 Å². The van der Waals surface area contributed by atoms with Crippen molar-refractivity contribution in [3.05, 3.63) is 49.4 Å². The van der Waals surface area contributed by atoms with Crippen LogP contribution in [0.1, 0.15) is 110 Å². The summed E-state index contributed by atoms with van der Waals surface area (Å²) < 4.78 is 0. The van der Waals surface area contributed by atoms with Crippen LogP contribution in [-0.2, 0) is 0 Å². The fourth-order valence-electron chi connectivity index (χ4n) is 3.40. The Hall–Kier alpha value is -1.24. The maximum absolute atomic E-state index is 4.27. The van der Waals surface area contributed by atoms with Crippen molar-refractivity contribution >= 4 is 0 Å². The van der Waals surface area contributed by atoms with Crippen molar-refractivity contribution in [3.63, 3.8) is 0 Å². The molecule has 156 valence electrons. The first-order valence-electron chi connectivity index (χ1n) is 11.5. The average molecular weight is 374 g/mol. The first-order chi connectivity index (χ1) is 13.1. The molecule has 0 bridgehead atoms. The second-order valence-electron chi connectivity index (χ2n) is 8.00. The van der Waals surface area contributed by atoms with E-state index in [-0.39, 0.29) is 0 Å². The van der Waals surface area contributed by atoms with E-state index in [4.69, 9.17) is 0 Å². The molecule has 0 heterocycles. The van der Waals surface area contributed by atoms with E-state index in [2.05, 4.69) is 44.7 Å². The summed E-state index contributed by atoms with van der Waals surface area (Å²) in [5.74, 6) is 0. The van der Waals surface area contributed by atoms with E-state index in [1.807, 2.05) is 12.2 Å². The molecule has 0 aliphatic rings. The largest absolute Gasteiger partial charge is 0.352 e. The van der Waals surface area contributed by atoms with Gasteiger partial charge in [0.1, 0.15) is 0 Å². The van der Waals surface area contributed by atoms with Gasteiger partial charge in [0.15, 0.2) is 0 Å². The lowest BCUT2D eigenvalue weighted by molar-refractivity contribution is 0.452. The van der Waals surface area contributed by atoms with Crippen LogP contribution in [0.5, 0.6) is 0 Å². The van der Waals surface area contributed by atoms with Crippen molar-refractivity contribution in [1.29, 1.82) is 0 Å². The van der Waals surface area contributed by atoms with E-state index in [1.54, 1.807) is 0 Å². The van der Waals surface area contributed by atoms with Gasteiger partial charge in [-0.2, -0.15) is 0 Å². The van der Waals surface area contributed by atoms with E-state index in [1.165, 1.54) is 89.0 Å². The summed E-state index contributed by atoms with van der Waals surface area (Å²) in [5, 5.41) is 0. The Bertz CT molecular complexity index is 404. The van der Waals surface area contributed by atoms with Crippen LogP contribution in [0, 0.1) is 0 Å². The lowest BCUT2D eigenvalue weighted by atomic mass is 10.0. The summed E-state index contributed by atoms with van der Waals surface area (Å²) >= 11 is 0. The Balaban J connectivity index is 3.47. The van der Waals surface area contributed by atoms with Gasteiger partial charge in [-0.25, -0.2) is 0 Å². The minimum Gasteiger partial charge on any atom is -0.352 e. The highest BCUT2D eigenvalue weighted by atomic mass is 15.1. The van der Waals surface area contributed by atoms with E-state index in [0.717, 1.165) is 25.1 Å². The maximum atomic E-state index is 4.27. The van der Waals surface area contributed by atoms with E-state index < -0.39 is 0 Å². The number of hydrogen-bond acceptors (Lipinski definition) is 1. The first kappa shape index (κ1) is 25.8. The van der Waals surface area contributed by atoms with Crippen molar-refractivity contribution in [3.8, 4) is 0 Å². The number of allylic oxidation sites excluding steroid dienone is 4. The Morgan fingerprint density at radius 2 is 1.22 bits per heavy atom. The molecule has 0 fully saturated rings. The molecule has 0 rings (SSSR count). The quantitative estimate of drug-likeness (QED) is 0.117. The summed E-state index contributed by atoms with van der Waals surface area (Å²) in [6, 6.07) is 0. The molecule has 27 heavy (non-hydrogen) atoms. The van der Waals surface area contributed by atoms with Crippen molar-refractivity contribution < 1.29 is 0 Å². The molecule has 0 aromatic carbocycles. The van der Waals surface area contributed by atoms with Crippen molar-refractivity contribution in [2.45, 2.75) is 110 Å².